The number of hydrogen-bond acceptors (Lipinski definition) is 3. The molecule has 0 spiro atoms. The molecule has 0 saturated heterocycles. The molecule has 0 aliphatic carbocycles. The number of carbonyl (C=O) groups is 1. The number of benzene rings is 1. The highest BCUT2D eigenvalue weighted by atomic mass is 32.2. The number of amides is 1. The van der Waals surface area contributed by atoms with Gasteiger partial charge in [-0.25, -0.2) is 8.42 Å². The predicted molar refractivity (Wildman–Crippen MR) is 82.1 cm³/mol. The highest BCUT2D eigenvalue weighted by Gasteiger charge is 2.35. The fourth-order valence-electron chi connectivity index (χ4n) is 1.75. The Bertz CT molecular complexity index is 772. The zero-order valence-corrected chi connectivity index (χ0v) is 13.9. The first-order valence-corrected chi connectivity index (χ1v) is 8.56. The van der Waals surface area contributed by atoms with Crippen molar-refractivity contribution >= 4 is 21.6 Å². The number of sulfonamides is 1. The Morgan fingerprint density at radius 2 is 1.65 bits per heavy atom. The zero-order valence-electron chi connectivity index (χ0n) is 13.0. The number of anilines is 1. The van der Waals surface area contributed by atoms with Crippen molar-refractivity contribution in [2.75, 3.05) is 17.0 Å². The molecule has 0 fully saturated rings. The number of para-hydroxylation sites is 1. The van der Waals surface area contributed by atoms with Crippen LogP contribution in [0.1, 0.15) is 16.8 Å². The minimum absolute atomic E-state index is 0.337. The molecule has 1 amide bonds. The summed E-state index contributed by atoms with van der Waals surface area (Å²) in [7, 11) is -4.82. The molecule has 1 rings (SSSR count). The molecule has 0 aromatic heterocycles. The van der Waals surface area contributed by atoms with Gasteiger partial charge >= 0.3 is 12.4 Å². The quantitative estimate of drug-likeness (QED) is 0.541. The molecule has 0 saturated carbocycles. The maximum absolute atomic E-state index is 12.3. The molecule has 0 aliphatic heterocycles. The van der Waals surface area contributed by atoms with Crippen LogP contribution in [-0.2, 0) is 10.0 Å². The topological polar surface area (TPSA) is 75.3 Å². The fraction of sp³-hybridized carbons (Fsp3) is 0.357. The van der Waals surface area contributed by atoms with Crippen LogP contribution >= 0.6 is 0 Å². The first-order chi connectivity index (χ1) is 11.7. The van der Waals surface area contributed by atoms with E-state index in [1.165, 1.54) is 12.1 Å². The van der Waals surface area contributed by atoms with Gasteiger partial charge in [0.05, 0.1) is 11.3 Å². The van der Waals surface area contributed by atoms with Gasteiger partial charge in [-0.3, -0.25) is 9.52 Å². The summed E-state index contributed by atoms with van der Waals surface area (Å²) in [5.74, 6) is -3.10. The van der Waals surface area contributed by atoms with Crippen LogP contribution in [0.5, 0.6) is 0 Å². The van der Waals surface area contributed by atoms with E-state index in [-0.39, 0.29) is 5.56 Å². The third kappa shape index (κ3) is 7.33. The smallest absolute Gasteiger partial charge is 0.352 e. The van der Waals surface area contributed by atoms with Crippen molar-refractivity contribution in [3.8, 4) is 0 Å². The van der Waals surface area contributed by atoms with Crippen molar-refractivity contribution in [1.29, 1.82) is 0 Å². The van der Waals surface area contributed by atoms with Crippen LogP contribution in [-0.4, -0.2) is 39.0 Å². The van der Waals surface area contributed by atoms with Crippen LogP contribution in [0.2, 0.25) is 0 Å². The van der Waals surface area contributed by atoms with E-state index in [1.54, 1.807) is 4.72 Å². The average Bonchev–Trinajstić information content (AvgIpc) is 2.43. The Morgan fingerprint density at radius 1 is 1.08 bits per heavy atom. The number of alkyl halides is 6. The number of nitrogens with one attached hydrogen (secondary N) is 2. The van der Waals surface area contributed by atoms with Crippen LogP contribution in [0.25, 0.3) is 0 Å². The summed E-state index contributed by atoms with van der Waals surface area (Å²) in [5.41, 5.74) is -1.84. The highest BCUT2D eigenvalue weighted by molar-refractivity contribution is 7.92. The van der Waals surface area contributed by atoms with Crippen LogP contribution in [0.3, 0.4) is 0 Å². The monoisotopic (exact) mass is 404 g/mol. The van der Waals surface area contributed by atoms with Crippen molar-refractivity contribution in [3.63, 3.8) is 0 Å². The van der Waals surface area contributed by atoms with Gasteiger partial charge < -0.3 is 5.32 Å². The van der Waals surface area contributed by atoms with Gasteiger partial charge in [-0.05, 0) is 18.6 Å². The van der Waals surface area contributed by atoms with Crippen LogP contribution in [0.4, 0.5) is 32.0 Å². The lowest BCUT2D eigenvalue weighted by molar-refractivity contribution is -0.106. The summed E-state index contributed by atoms with van der Waals surface area (Å²) >= 11 is 0. The standard InChI is InChI=1S/C14H14F6N2O3S/c1-9(14(18,19)20)6-7-21-12(23)10-4-2-3-5-11(10)22-26(24,25)8-13(15,16)17/h2-5,22H,1,6-8H2,(H,21,23). The summed E-state index contributed by atoms with van der Waals surface area (Å²) in [6.45, 7) is 2.38. The number of hydrogen-bond donors (Lipinski definition) is 2. The maximum atomic E-state index is 12.3. The Kier molecular flexibility index (Phi) is 6.69. The van der Waals surface area contributed by atoms with E-state index in [2.05, 4.69) is 11.9 Å². The summed E-state index contributed by atoms with van der Waals surface area (Å²) in [6.07, 6.45) is -10.2. The molecule has 1 aromatic rings. The van der Waals surface area contributed by atoms with E-state index in [0.717, 1.165) is 12.1 Å². The van der Waals surface area contributed by atoms with E-state index in [0.29, 0.717) is 0 Å². The second-order valence-corrected chi connectivity index (χ2v) is 6.85. The highest BCUT2D eigenvalue weighted by Crippen LogP contribution is 2.26. The zero-order chi connectivity index (χ0) is 20.2. The number of carbonyl (C=O) groups excluding carboxylic acids is 1. The van der Waals surface area contributed by atoms with E-state index >= 15 is 0 Å². The molecule has 0 bridgehead atoms. The van der Waals surface area contributed by atoms with Gasteiger partial charge in [0.1, 0.15) is 0 Å². The molecule has 0 heterocycles. The van der Waals surface area contributed by atoms with Crippen LogP contribution < -0.4 is 10.0 Å². The summed E-state index contributed by atoms with van der Waals surface area (Å²) < 4.78 is 98.3. The lowest BCUT2D eigenvalue weighted by Crippen LogP contribution is -2.30. The van der Waals surface area contributed by atoms with Gasteiger partial charge in [-0.1, -0.05) is 18.7 Å². The third-order valence-electron chi connectivity index (χ3n) is 2.90. The largest absolute Gasteiger partial charge is 0.412 e. The molecular formula is C14H14F6N2O3S. The second-order valence-electron chi connectivity index (χ2n) is 5.13. The van der Waals surface area contributed by atoms with Gasteiger partial charge in [0.2, 0.25) is 10.0 Å². The Labute approximate surface area is 145 Å². The number of halogens is 6. The Balaban J connectivity index is 2.83. The third-order valence-corrected chi connectivity index (χ3v) is 4.14. The average molecular weight is 404 g/mol. The van der Waals surface area contributed by atoms with Gasteiger partial charge in [0, 0.05) is 12.1 Å². The molecule has 12 heteroatoms. The summed E-state index contributed by atoms with van der Waals surface area (Å²) in [6, 6.07) is 4.75. The van der Waals surface area contributed by atoms with E-state index in [4.69, 9.17) is 0 Å². The molecular weight excluding hydrogens is 390 g/mol. The Morgan fingerprint density at radius 3 is 2.19 bits per heavy atom. The van der Waals surface area contributed by atoms with Crippen LogP contribution in [0.15, 0.2) is 36.4 Å². The van der Waals surface area contributed by atoms with Crippen molar-refractivity contribution in [1.82, 2.24) is 5.32 Å². The predicted octanol–water partition coefficient (Wildman–Crippen LogP) is 3.23. The van der Waals surface area contributed by atoms with Gasteiger partial charge in [-0.15, -0.1) is 0 Å². The maximum Gasteiger partial charge on any atom is 0.412 e. The van der Waals surface area contributed by atoms with E-state index in [9.17, 15) is 39.6 Å². The molecule has 5 nitrogen and oxygen atoms in total. The van der Waals surface area contributed by atoms with Gasteiger partial charge in [-0.2, -0.15) is 26.3 Å². The van der Waals surface area contributed by atoms with Crippen molar-refractivity contribution in [2.45, 2.75) is 18.8 Å². The SMILES string of the molecule is C=C(CCNC(=O)c1ccccc1NS(=O)(=O)CC(F)(F)F)C(F)(F)F. The molecule has 0 radical (unpaired) electrons. The van der Waals surface area contributed by atoms with Gasteiger partial charge in [0.25, 0.3) is 5.91 Å². The van der Waals surface area contributed by atoms with Crippen LogP contribution in [0, 0.1) is 0 Å². The molecule has 0 atom stereocenters. The first-order valence-electron chi connectivity index (χ1n) is 6.91. The summed E-state index contributed by atoms with van der Waals surface area (Å²) in [5, 5.41) is 2.12. The second kappa shape index (κ2) is 7.98. The summed E-state index contributed by atoms with van der Waals surface area (Å²) in [4.78, 5) is 12.0. The molecule has 26 heavy (non-hydrogen) atoms. The lowest BCUT2D eigenvalue weighted by atomic mass is 10.1. The lowest BCUT2D eigenvalue weighted by Gasteiger charge is -2.14. The minimum atomic E-state index is -4.99. The molecule has 1 aromatic carbocycles. The fourth-order valence-corrected chi connectivity index (χ4v) is 2.77. The number of rotatable bonds is 7. The molecule has 0 unspecified atom stereocenters. The first kappa shape index (κ1) is 21.8. The van der Waals surface area contributed by atoms with E-state index in [1.807, 2.05) is 0 Å². The van der Waals surface area contributed by atoms with Gasteiger partial charge in [0.15, 0.2) is 5.75 Å². The van der Waals surface area contributed by atoms with Crippen molar-refractivity contribution in [3.05, 3.63) is 42.0 Å². The minimum Gasteiger partial charge on any atom is -0.352 e. The van der Waals surface area contributed by atoms with E-state index < -0.39 is 58.3 Å². The molecule has 146 valence electrons. The Hall–Kier alpha value is -2.24. The normalized spacial score (nSPS) is 12.5. The molecule has 0 aliphatic rings. The molecule has 2 N–H and O–H groups in total. The van der Waals surface area contributed by atoms with Crippen molar-refractivity contribution in [2.24, 2.45) is 0 Å². The van der Waals surface area contributed by atoms with Crippen molar-refractivity contribution < 1.29 is 39.6 Å².